The number of rotatable bonds is 12. The Bertz CT molecular complexity index is 1270. The molecule has 0 saturated carbocycles. The van der Waals surface area contributed by atoms with Crippen LogP contribution in [-0.4, -0.2) is 52.8 Å². The van der Waals surface area contributed by atoms with E-state index in [1.165, 1.54) is 28.7 Å². The van der Waals surface area contributed by atoms with Crippen molar-refractivity contribution in [2.75, 3.05) is 30.8 Å². The number of benzene rings is 2. The Morgan fingerprint density at radius 3 is 2.68 bits per heavy atom. The van der Waals surface area contributed by atoms with Crippen LogP contribution in [0.25, 0.3) is 0 Å². The van der Waals surface area contributed by atoms with Crippen molar-refractivity contribution in [1.82, 2.24) is 14.9 Å². The molecule has 2 unspecified atom stereocenters. The highest BCUT2D eigenvalue weighted by Crippen LogP contribution is 2.30. The monoisotopic (exact) mass is 522 g/mol. The van der Waals surface area contributed by atoms with E-state index in [0.29, 0.717) is 36.8 Å². The van der Waals surface area contributed by atoms with Crippen LogP contribution in [-0.2, 0) is 15.3 Å². The SMILES string of the molecule is CCC(C(=O)NCC(=O)CSCc1ccccc1)n1ccnc(NCC2COc3ccccc3O2)c1=O. The van der Waals surface area contributed by atoms with E-state index in [-0.39, 0.29) is 30.2 Å². The van der Waals surface area contributed by atoms with Crippen molar-refractivity contribution in [3.63, 3.8) is 0 Å². The van der Waals surface area contributed by atoms with Crippen molar-refractivity contribution in [2.24, 2.45) is 0 Å². The Labute approximate surface area is 219 Å². The molecule has 0 saturated heterocycles. The molecular weight excluding hydrogens is 492 g/mol. The second-order valence-corrected chi connectivity index (χ2v) is 9.51. The van der Waals surface area contributed by atoms with Crippen molar-refractivity contribution in [1.29, 1.82) is 0 Å². The van der Waals surface area contributed by atoms with Gasteiger partial charge in [-0.25, -0.2) is 4.98 Å². The highest BCUT2D eigenvalue weighted by atomic mass is 32.2. The highest BCUT2D eigenvalue weighted by molar-refractivity contribution is 7.99. The number of ketones is 1. The summed E-state index contributed by atoms with van der Waals surface area (Å²) < 4.78 is 13.0. The molecule has 194 valence electrons. The molecule has 10 heteroatoms. The van der Waals surface area contributed by atoms with Gasteiger partial charge in [0.05, 0.1) is 18.8 Å². The van der Waals surface area contributed by atoms with Crippen LogP contribution < -0.4 is 25.7 Å². The van der Waals surface area contributed by atoms with Gasteiger partial charge in [0.25, 0.3) is 5.56 Å². The van der Waals surface area contributed by atoms with E-state index in [1.54, 1.807) is 0 Å². The Morgan fingerprint density at radius 1 is 1.14 bits per heavy atom. The maximum Gasteiger partial charge on any atom is 0.294 e. The molecule has 9 nitrogen and oxygen atoms in total. The summed E-state index contributed by atoms with van der Waals surface area (Å²) in [7, 11) is 0. The van der Waals surface area contributed by atoms with Crippen molar-refractivity contribution in [2.45, 2.75) is 31.2 Å². The fourth-order valence-corrected chi connectivity index (χ4v) is 4.75. The van der Waals surface area contributed by atoms with E-state index in [0.717, 1.165) is 11.3 Å². The predicted molar refractivity (Wildman–Crippen MR) is 143 cm³/mol. The predicted octanol–water partition coefficient (Wildman–Crippen LogP) is 3.07. The third-order valence-electron chi connectivity index (χ3n) is 5.79. The highest BCUT2D eigenvalue weighted by Gasteiger charge is 2.23. The molecule has 1 aromatic heterocycles. The van der Waals surface area contributed by atoms with Gasteiger partial charge in [0.2, 0.25) is 5.91 Å². The molecule has 2 aromatic carbocycles. The summed E-state index contributed by atoms with van der Waals surface area (Å²) in [5.74, 6) is 2.01. The number of carbonyl (C=O) groups is 2. The Balaban J connectivity index is 1.29. The van der Waals surface area contributed by atoms with Gasteiger partial charge in [-0.05, 0) is 24.1 Å². The molecule has 2 heterocycles. The maximum absolute atomic E-state index is 13.1. The van der Waals surface area contributed by atoms with E-state index in [1.807, 2.05) is 61.5 Å². The van der Waals surface area contributed by atoms with Crippen LogP contribution in [0.15, 0.2) is 71.8 Å². The normalized spacial score (nSPS) is 15.0. The topological polar surface area (TPSA) is 112 Å². The third-order valence-corrected chi connectivity index (χ3v) is 6.86. The number of Topliss-reactive ketones (excluding diaryl/α,β-unsaturated/α-hetero) is 1. The minimum atomic E-state index is -0.762. The zero-order valence-corrected chi connectivity index (χ0v) is 21.4. The van der Waals surface area contributed by atoms with E-state index >= 15 is 0 Å². The molecule has 3 aromatic rings. The van der Waals surface area contributed by atoms with Gasteiger partial charge in [-0.3, -0.25) is 19.0 Å². The summed E-state index contributed by atoms with van der Waals surface area (Å²) in [5, 5.41) is 5.70. The molecule has 2 N–H and O–H groups in total. The van der Waals surface area contributed by atoms with Gasteiger partial charge in [0, 0.05) is 18.1 Å². The largest absolute Gasteiger partial charge is 0.486 e. The van der Waals surface area contributed by atoms with Crippen molar-refractivity contribution in [3.05, 3.63) is 82.9 Å². The van der Waals surface area contributed by atoms with Crippen LogP contribution in [0.1, 0.15) is 24.9 Å². The molecule has 1 aliphatic rings. The van der Waals surface area contributed by atoms with Gasteiger partial charge in [-0.15, -0.1) is 11.8 Å². The first kappa shape index (κ1) is 26.3. The second-order valence-electron chi connectivity index (χ2n) is 8.53. The molecule has 0 spiro atoms. The number of para-hydroxylation sites is 2. The van der Waals surface area contributed by atoms with Crippen molar-refractivity contribution >= 4 is 29.3 Å². The van der Waals surface area contributed by atoms with Gasteiger partial charge < -0.3 is 20.1 Å². The van der Waals surface area contributed by atoms with Crippen LogP contribution in [0.2, 0.25) is 0 Å². The van der Waals surface area contributed by atoms with E-state index in [2.05, 4.69) is 15.6 Å². The molecule has 2 atom stereocenters. The first-order valence-electron chi connectivity index (χ1n) is 12.2. The first-order chi connectivity index (χ1) is 18.0. The summed E-state index contributed by atoms with van der Waals surface area (Å²) >= 11 is 1.50. The van der Waals surface area contributed by atoms with Crippen LogP contribution in [0, 0.1) is 0 Å². The van der Waals surface area contributed by atoms with E-state index < -0.39 is 11.6 Å². The number of amides is 1. The minimum Gasteiger partial charge on any atom is -0.486 e. The molecule has 37 heavy (non-hydrogen) atoms. The van der Waals surface area contributed by atoms with Crippen LogP contribution >= 0.6 is 11.8 Å². The summed E-state index contributed by atoms with van der Waals surface area (Å²) in [5.41, 5.74) is 0.718. The number of ether oxygens (including phenoxy) is 2. The van der Waals surface area contributed by atoms with Gasteiger partial charge in [0.1, 0.15) is 18.8 Å². The number of hydrogen-bond donors (Lipinski definition) is 2. The third kappa shape index (κ3) is 7.13. The second kappa shape index (κ2) is 13.0. The molecule has 1 amide bonds. The van der Waals surface area contributed by atoms with E-state index in [4.69, 9.17) is 9.47 Å². The zero-order valence-electron chi connectivity index (χ0n) is 20.6. The lowest BCUT2D eigenvalue weighted by Crippen LogP contribution is -2.41. The summed E-state index contributed by atoms with van der Waals surface area (Å²) in [4.78, 5) is 42.3. The fourth-order valence-electron chi connectivity index (χ4n) is 3.89. The number of hydrogen-bond acceptors (Lipinski definition) is 8. The molecule has 0 aliphatic carbocycles. The number of nitrogens with one attached hydrogen (secondary N) is 2. The Kier molecular flexibility index (Phi) is 9.20. The lowest BCUT2D eigenvalue weighted by atomic mass is 10.2. The molecule has 0 fully saturated rings. The zero-order chi connectivity index (χ0) is 26.0. The molecular formula is C27H30N4O5S. The molecule has 1 aliphatic heterocycles. The fraction of sp³-hybridized carbons (Fsp3) is 0.333. The van der Waals surface area contributed by atoms with Crippen LogP contribution in [0.5, 0.6) is 11.5 Å². The molecule has 4 rings (SSSR count). The first-order valence-corrected chi connectivity index (χ1v) is 13.3. The number of aromatic nitrogens is 2. The average Bonchev–Trinajstić information content (AvgIpc) is 2.93. The summed E-state index contributed by atoms with van der Waals surface area (Å²) in [6.07, 6.45) is 3.02. The smallest absolute Gasteiger partial charge is 0.294 e. The Hall–Kier alpha value is -3.79. The average molecular weight is 523 g/mol. The number of nitrogens with zero attached hydrogens (tertiary/aromatic N) is 2. The number of fused-ring (bicyclic) bond motifs is 1. The quantitative estimate of drug-likeness (QED) is 0.373. The summed E-state index contributed by atoms with van der Waals surface area (Å²) in [6, 6.07) is 16.5. The van der Waals surface area contributed by atoms with Crippen molar-refractivity contribution in [3.8, 4) is 11.5 Å². The number of carbonyl (C=O) groups excluding carboxylic acids is 2. The maximum atomic E-state index is 13.1. The number of thioether (sulfide) groups is 1. The lowest BCUT2D eigenvalue weighted by molar-refractivity contribution is -0.127. The van der Waals surface area contributed by atoms with Gasteiger partial charge in [0.15, 0.2) is 23.1 Å². The van der Waals surface area contributed by atoms with Crippen LogP contribution in [0.3, 0.4) is 0 Å². The Morgan fingerprint density at radius 2 is 1.89 bits per heavy atom. The van der Waals surface area contributed by atoms with Gasteiger partial charge in [-0.1, -0.05) is 49.4 Å². The van der Waals surface area contributed by atoms with Gasteiger partial charge in [-0.2, -0.15) is 0 Å². The number of anilines is 1. The lowest BCUT2D eigenvalue weighted by Gasteiger charge is -2.26. The van der Waals surface area contributed by atoms with Crippen LogP contribution in [0.4, 0.5) is 5.82 Å². The van der Waals surface area contributed by atoms with Gasteiger partial charge >= 0.3 is 0 Å². The minimum absolute atomic E-state index is 0.0789. The van der Waals surface area contributed by atoms with E-state index in [9.17, 15) is 14.4 Å². The molecule has 0 bridgehead atoms. The standard InChI is InChI=1S/C27H30N4O5S/c1-2-22(26(33)30-14-20(32)18-37-17-19-8-4-3-5-9-19)31-13-12-28-25(27(31)34)29-15-21-16-35-23-10-6-7-11-24(23)36-21/h3-13,21-22H,2,14-18H2,1H3,(H,28,29)(H,30,33). The van der Waals surface area contributed by atoms with Crippen molar-refractivity contribution < 1.29 is 19.1 Å². The molecule has 0 radical (unpaired) electrons. The summed E-state index contributed by atoms with van der Waals surface area (Å²) in [6.45, 7) is 2.37.